The number of methoxy groups -OCH3 is 1. The first-order valence-electron chi connectivity index (χ1n) is 6.73. The van der Waals surface area contributed by atoms with Gasteiger partial charge in [-0.3, -0.25) is 9.69 Å². The molecule has 1 N–H and O–H groups in total. The number of amides is 1. The number of aliphatic hydroxyl groups excluding tert-OH is 1. The fourth-order valence-corrected chi connectivity index (χ4v) is 3.01. The monoisotopic (exact) mass is 299 g/mol. The fourth-order valence-electron chi connectivity index (χ4n) is 2.27. The molecular formula is C13H21N3O3S. The first-order chi connectivity index (χ1) is 9.60. The molecule has 0 bridgehead atoms. The van der Waals surface area contributed by atoms with Crippen LogP contribution in [-0.2, 0) is 11.3 Å². The second-order valence-corrected chi connectivity index (χ2v) is 5.94. The van der Waals surface area contributed by atoms with Gasteiger partial charge in [0.15, 0.2) is 0 Å². The maximum absolute atomic E-state index is 12.3. The number of hydrogen-bond acceptors (Lipinski definition) is 6. The van der Waals surface area contributed by atoms with Crippen molar-refractivity contribution < 1.29 is 14.6 Å². The lowest BCUT2D eigenvalue weighted by Gasteiger charge is -2.34. The van der Waals surface area contributed by atoms with Gasteiger partial charge >= 0.3 is 0 Å². The van der Waals surface area contributed by atoms with Crippen molar-refractivity contribution in [2.45, 2.75) is 19.6 Å². The lowest BCUT2D eigenvalue weighted by molar-refractivity contribution is 0.0549. The van der Waals surface area contributed by atoms with Gasteiger partial charge in [0.2, 0.25) is 0 Å². The second-order valence-electron chi connectivity index (χ2n) is 5.00. The molecule has 2 rings (SSSR count). The van der Waals surface area contributed by atoms with Crippen LogP contribution in [0.5, 0.6) is 0 Å². The minimum absolute atomic E-state index is 0.0136. The van der Waals surface area contributed by atoms with Crippen LogP contribution in [0, 0.1) is 0 Å². The van der Waals surface area contributed by atoms with Crippen LogP contribution in [0.15, 0.2) is 5.38 Å². The van der Waals surface area contributed by atoms with Gasteiger partial charge in [-0.25, -0.2) is 4.98 Å². The summed E-state index contributed by atoms with van der Waals surface area (Å²) in [7, 11) is 1.62. The molecule has 1 aliphatic heterocycles. The molecule has 1 aromatic rings. The molecule has 0 spiro atoms. The van der Waals surface area contributed by atoms with Crippen molar-refractivity contribution in [3.63, 3.8) is 0 Å². The molecule has 20 heavy (non-hydrogen) atoms. The SMILES string of the molecule is COCc1nc(C(=O)N2CCN(CC(C)O)CC2)cs1. The molecule has 1 saturated heterocycles. The molecule has 6 nitrogen and oxygen atoms in total. The van der Waals surface area contributed by atoms with Crippen LogP contribution in [0.3, 0.4) is 0 Å². The van der Waals surface area contributed by atoms with Crippen molar-refractivity contribution in [1.29, 1.82) is 0 Å². The van der Waals surface area contributed by atoms with E-state index in [4.69, 9.17) is 4.74 Å². The van der Waals surface area contributed by atoms with Gasteiger partial charge in [0.25, 0.3) is 5.91 Å². The fraction of sp³-hybridized carbons (Fsp3) is 0.692. The Kier molecular flexibility index (Phi) is 5.47. The van der Waals surface area contributed by atoms with Gasteiger partial charge in [0.05, 0.1) is 12.7 Å². The smallest absolute Gasteiger partial charge is 0.273 e. The Morgan fingerprint density at radius 3 is 2.80 bits per heavy atom. The number of aliphatic hydroxyl groups is 1. The standard InChI is InChI=1S/C13H21N3O3S/c1-10(17)7-15-3-5-16(6-4-15)13(18)11-9-20-12(14-11)8-19-2/h9-10,17H,3-8H2,1-2H3. The number of aromatic nitrogens is 1. The Bertz CT molecular complexity index is 442. The Labute approximate surface area is 123 Å². The summed E-state index contributed by atoms with van der Waals surface area (Å²) < 4.78 is 5.01. The first kappa shape index (κ1) is 15.4. The van der Waals surface area contributed by atoms with Crippen molar-refractivity contribution in [3.05, 3.63) is 16.1 Å². The summed E-state index contributed by atoms with van der Waals surface area (Å²) in [6.45, 7) is 5.85. The lowest BCUT2D eigenvalue weighted by atomic mass is 10.2. The third kappa shape index (κ3) is 3.99. The topological polar surface area (TPSA) is 65.9 Å². The van der Waals surface area contributed by atoms with E-state index in [0.717, 1.165) is 18.1 Å². The molecule has 0 saturated carbocycles. The van der Waals surface area contributed by atoms with Crippen LogP contribution >= 0.6 is 11.3 Å². The Balaban J connectivity index is 1.87. The molecule has 1 unspecified atom stereocenters. The second kappa shape index (κ2) is 7.12. The minimum atomic E-state index is -0.326. The van der Waals surface area contributed by atoms with E-state index in [2.05, 4.69) is 9.88 Å². The van der Waals surface area contributed by atoms with Crippen LogP contribution < -0.4 is 0 Å². The van der Waals surface area contributed by atoms with E-state index in [9.17, 15) is 9.90 Å². The summed E-state index contributed by atoms with van der Waals surface area (Å²) in [5, 5.41) is 12.0. The number of hydrogen-bond donors (Lipinski definition) is 1. The average Bonchev–Trinajstić information content (AvgIpc) is 2.87. The number of ether oxygens (including phenoxy) is 1. The summed E-state index contributed by atoms with van der Waals surface area (Å²) in [5.41, 5.74) is 0.506. The lowest BCUT2D eigenvalue weighted by Crippen LogP contribution is -2.50. The van der Waals surface area contributed by atoms with E-state index >= 15 is 0 Å². The van der Waals surface area contributed by atoms with E-state index in [1.54, 1.807) is 19.4 Å². The van der Waals surface area contributed by atoms with Gasteiger partial charge in [0.1, 0.15) is 10.7 Å². The van der Waals surface area contributed by atoms with E-state index < -0.39 is 0 Å². The molecule has 2 heterocycles. The first-order valence-corrected chi connectivity index (χ1v) is 7.61. The largest absolute Gasteiger partial charge is 0.392 e. The number of piperazine rings is 1. The molecule has 0 aromatic carbocycles. The highest BCUT2D eigenvalue weighted by atomic mass is 32.1. The maximum Gasteiger partial charge on any atom is 0.273 e. The highest BCUT2D eigenvalue weighted by molar-refractivity contribution is 7.09. The van der Waals surface area contributed by atoms with Gasteiger partial charge in [-0.1, -0.05) is 0 Å². The molecule has 1 fully saturated rings. The van der Waals surface area contributed by atoms with Gasteiger partial charge in [-0.05, 0) is 6.92 Å². The highest BCUT2D eigenvalue weighted by Gasteiger charge is 2.24. The number of rotatable bonds is 5. The third-order valence-electron chi connectivity index (χ3n) is 3.22. The number of thiazole rings is 1. The molecular weight excluding hydrogens is 278 g/mol. The van der Waals surface area contributed by atoms with Gasteiger partial charge in [0, 0.05) is 45.2 Å². The van der Waals surface area contributed by atoms with E-state index in [1.165, 1.54) is 11.3 Å². The zero-order valence-corrected chi connectivity index (χ0v) is 12.7. The van der Waals surface area contributed by atoms with E-state index in [1.807, 2.05) is 4.90 Å². The predicted octanol–water partition coefficient (Wildman–Crippen LogP) is 0.428. The summed E-state index contributed by atoms with van der Waals surface area (Å²) >= 11 is 1.45. The van der Waals surface area contributed by atoms with Crippen molar-refractivity contribution >= 4 is 17.2 Å². The Morgan fingerprint density at radius 2 is 2.20 bits per heavy atom. The molecule has 1 aromatic heterocycles. The van der Waals surface area contributed by atoms with Crippen LogP contribution in [0.1, 0.15) is 22.4 Å². The highest BCUT2D eigenvalue weighted by Crippen LogP contribution is 2.14. The molecule has 0 aliphatic carbocycles. The Hall–Kier alpha value is -1.02. The van der Waals surface area contributed by atoms with Crippen molar-refractivity contribution in [1.82, 2.24) is 14.8 Å². The maximum atomic E-state index is 12.3. The molecule has 112 valence electrons. The van der Waals surface area contributed by atoms with E-state index in [-0.39, 0.29) is 12.0 Å². The predicted molar refractivity (Wildman–Crippen MR) is 76.9 cm³/mol. The molecule has 1 aliphatic rings. The van der Waals surface area contributed by atoms with Crippen LogP contribution in [0.4, 0.5) is 0 Å². The van der Waals surface area contributed by atoms with Gasteiger partial charge in [-0.15, -0.1) is 11.3 Å². The summed E-state index contributed by atoms with van der Waals surface area (Å²) in [5.74, 6) is -0.0136. The molecule has 1 amide bonds. The number of carbonyl (C=O) groups excluding carboxylic acids is 1. The number of nitrogens with zero attached hydrogens (tertiary/aromatic N) is 3. The average molecular weight is 299 g/mol. The molecule has 1 atom stereocenters. The quantitative estimate of drug-likeness (QED) is 0.854. The molecule has 0 radical (unpaired) electrons. The Morgan fingerprint density at radius 1 is 1.50 bits per heavy atom. The number of carbonyl (C=O) groups is 1. The van der Waals surface area contributed by atoms with Crippen LogP contribution in [-0.4, -0.2) is 71.7 Å². The zero-order valence-electron chi connectivity index (χ0n) is 11.9. The zero-order chi connectivity index (χ0) is 14.5. The van der Waals surface area contributed by atoms with Crippen molar-refractivity contribution in [2.75, 3.05) is 39.8 Å². The van der Waals surface area contributed by atoms with Crippen LogP contribution in [0.2, 0.25) is 0 Å². The van der Waals surface area contributed by atoms with Gasteiger partial charge < -0.3 is 14.7 Å². The summed E-state index contributed by atoms with van der Waals surface area (Å²) in [6, 6.07) is 0. The van der Waals surface area contributed by atoms with Crippen LogP contribution in [0.25, 0.3) is 0 Å². The third-order valence-corrected chi connectivity index (χ3v) is 4.04. The normalized spacial score (nSPS) is 18.2. The van der Waals surface area contributed by atoms with Crippen molar-refractivity contribution in [2.24, 2.45) is 0 Å². The van der Waals surface area contributed by atoms with E-state index in [0.29, 0.717) is 31.9 Å². The minimum Gasteiger partial charge on any atom is -0.392 e. The summed E-state index contributed by atoms with van der Waals surface area (Å²) in [4.78, 5) is 20.6. The molecule has 7 heteroatoms. The summed E-state index contributed by atoms with van der Waals surface area (Å²) in [6.07, 6.45) is -0.326. The van der Waals surface area contributed by atoms with Gasteiger partial charge in [-0.2, -0.15) is 0 Å². The van der Waals surface area contributed by atoms with Crippen molar-refractivity contribution in [3.8, 4) is 0 Å². The number of β-amino-alcohol motifs (C(OH)–C–C–N with tert-alkyl or cyclic N) is 1.